The van der Waals surface area contributed by atoms with E-state index in [1.807, 2.05) is 24.3 Å². The van der Waals surface area contributed by atoms with Crippen LogP contribution < -0.4 is 0 Å². The van der Waals surface area contributed by atoms with Crippen LogP contribution in [0.1, 0.15) is 53.5 Å². The van der Waals surface area contributed by atoms with Gasteiger partial charge >= 0.3 is 0 Å². The highest BCUT2D eigenvalue weighted by molar-refractivity contribution is 5.99. The van der Waals surface area contributed by atoms with Crippen molar-refractivity contribution in [2.24, 2.45) is 5.92 Å². The van der Waals surface area contributed by atoms with E-state index in [1.165, 1.54) is 18.4 Å². The topological polar surface area (TPSA) is 38.8 Å². The Kier molecular flexibility index (Phi) is 5.02. The summed E-state index contributed by atoms with van der Waals surface area (Å²) in [6, 6.07) is 19.5. The minimum Gasteiger partial charge on any atom is -0.346 e. The first kappa shape index (κ1) is 18.0. The Morgan fingerprint density at radius 1 is 0.893 bits per heavy atom. The summed E-state index contributed by atoms with van der Waals surface area (Å²) >= 11 is 0. The van der Waals surface area contributed by atoms with Gasteiger partial charge in [0.1, 0.15) is 0 Å². The maximum absolute atomic E-state index is 13.4. The number of carbonyl (C=O) groups is 1. The molecule has 2 unspecified atom stereocenters. The largest absolute Gasteiger partial charge is 0.346 e. The molecule has 3 heterocycles. The minimum absolute atomic E-state index is 0.104. The summed E-state index contributed by atoms with van der Waals surface area (Å²) in [5.74, 6) is 0.373. The van der Waals surface area contributed by atoms with Crippen LogP contribution in [0, 0.1) is 5.92 Å². The molecule has 3 aliphatic rings. The summed E-state index contributed by atoms with van der Waals surface area (Å²) in [4.78, 5) is 16.1. The van der Waals surface area contributed by atoms with E-state index in [1.54, 1.807) is 0 Å². The number of fused-ring (bicyclic) bond motifs is 2. The van der Waals surface area contributed by atoms with E-state index < -0.39 is 6.29 Å². The second-order valence-electron chi connectivity index (χ2n) is 8.24. The van der Waals surface area contributed by atoms with Gasteiger partial charge in [0.05, 0.1) is 13.2 Å². The van der Waals surface area contributed by atoms with Gasteiger partial charge in [-0.15, -0.1) is 0 Å². The summed E-state index contributed by atoms with van der Waals surface area (Å²) < 4.78 is 11.3. The van der Waals surface area contributed by atoms with E-state index in [9.17, 15) is 4.79 Å². The number of ether oxygens (including phenoxy) is 2. The monoisotopic (exact) mass is 377 g/mol. The van der Waals surface area contributed by atoms with Crippen molar-refractivity contribution in [3.05, 3.63) is 71.3 Å². The van der Waals surface area contributed by atoms with Gasteiger partial charge in [0.2, 0.25) is 0 Å². The maximum atomic E-state index is 13.4. The Morgan fingerprint density at radius 3 is 2.25 bits per heavy atom. The molecule has 0 amide bonds. The average Bonchev–Trinajstić information content (AvgIpc) is 3.34. The fraction of sp³-hybridized carbons (Fsp3) is 0.458. The lowest BCUT2D eigenvalue weighted by Crippen LogP contribution is -2.44. The number of carbonyl (C=O) groups excluding carboxylic acids is 1. The number of hydrogen-bond acceptors (Lipinski definition) is 4. The number of ketones is 1. The summed E-state index contributed by atoms with van der Waals surface area (Å²) in [6.45, 7) is 2.18. The standard InChI is InChI=1S/C24H27NO3/c26-23(21-8-4-5-9-22(21)24-27-12-13-28-24)18-14-19-10-11-20(15-18)25(19)16-17-6-2-1-3-7-17/h1-9,18-20,24H,10-16H2. The average molecular weight is 377 g/mol. The van der Waals surface area contributed by atoms with Gasteiger partial charge in [-0.1, -0.05) is 54.6 Å². The van der Waals surface area contributed by atoms with Crippen LogP contribution in [0.5, 0.6) is 0 Å². The van der Waals surface area contributed by atoms with Gasteiger partial charge in [-0.3, -0.25) is 9.69 Å². The van der Waals surface area contributed by atoms with Gasteiger partial charge in [0.25, 0.3) is 0 Å². The van der Waals surface area contributed by atoms with E-state index in [4.69, 9.17) is 9.47 Å². The number of Topliss-reactive ketones (excluding diaryl/α,β-unsaturated/α-hetero) is 1. The molecular weight excluding hydrogens is 350 g/mol. The zero-order valence-corrected chi connectivity index (χ0v) is 16.1. The van der Waals surface area contributed by atoms with Crippen molar-refractivity contribution in [3.8, 4) is 0 Å². The second-order valence-corrected chi connectivity index (χ2v) is 8.24. The van der Waals surface area contributed by atoms with Gasteiger partial charge in [-0.05, 0) is 31.2 Å². The molecule has 0 aliphatic carbocycles. The molecule has 146 valence electrons. The molecule has 0 spiro atoms. The normalized spacial score (nSPS) is 27.9. The van der Waals surface area contributed by atoms with Crippen molar-refractivity contribution in [2.75, 3.05) is 13.2 Å². The minimum atomic E-state index is -0.393. The number of nitrogens with zero attached hydrogens (tertiary/aromatic N) is 1. The van der Waals surface area contributed by atoms with Gasteiger partial charge in [-0.2, -0.15) is 0 Å². The Hall–Kier alpha value is -2.01. The van der Waals surface area contributed by atoms with Crippen molar-refractivity contribution >= 4 is 5.78 Å². The predicted molar refractivity (Wildman–Crippen MR) is 107 cm³/mol. The Labute approximate surface area is 166 Å². The van der Waals surface area contributed by atoms with E-state index in [0.29, 0.717) is 25.3 Å². The zero-order valence-electron chi connectivity index (χ0n) is 16.1. The highest BCUT2D eigenvalue weighted by atomic mass is 16.7. The van der Waals surface area contributed by atoms with Crippen molar-refractivity contribution in [1.82, 2.24) is 4.90 Å². The van der Waals surface area contributed by atoms with Gasteiger partial charge in [-0.25, -0.2) is 0 Å². The highest BCUT2D eigenvalue weighted by Crippen LogP contribution is 2.41. The first-order valence-corrected chi connectivity index (χ1v) is 10.5. The number of hydrogen-bond donors (Lipinski definition) is 0. The molecule has 2 bridgehead atoms. The molecule has 0 N–H and O–H groups in total. The maximum Gasteiger partial charge on any atom is 0.184 e. The van der Waals surface area contributed by atoms with Crippen molar-refractivity contribution in [3.63, 3.8) is 0 Å². The molecule has 5 rings (SSSR count). The summed E-state index contributed by atoms with van der Waals surface area (Å²) in [6.07, 6.45) is 3.94. The molecule has 2 aromatic carbocycles. The second kappa shape index (κ2) is 7.78. The van der Waals surface area contributed by atoms with Crippen LogP contribution in [0.25, 0.3) is 0 Å². The van der Waals surface area contributed by atoms with E-state index in [-0.39, 0.29) is 11.7 Å². The van der Waals surface area contributed by atoms with Gasteiger partial charge in [0.15, 0.2) is 12.1 Å². The number of benzene rings is 2. The van der Waals surface area contributed by atoms with Crippen LogP contribution in [0.2, 0.25) is 0 Å². The summed E-state index contributed by atoms with van der Waals surface area (Å²) in [5.41, 5.74) is 3.05. The van der Waals surface area contributed by atoms with Crippen molar-refractivity contribution in [2.45, 2.75) is 50.6 Å². The molecule has 0 aromatic heterocycles. The van der Waals surface area contributed by atoms with E-state index >= 15 is 0 Å². The third-order valence-electron chi connectivity index (χ3n) is 6.57. The Bertz CT molecular complexity index is 817. The van der Waals surface area contributed by atoms with Gasteiger partial charge in [0, 0.05) is 35.7 Å². The van der Waals surface area contributed by atoms with Crippen LogP contribution in [0.15, 0.2) is 54.6 Å². The van der Waals surface area contributed by atoms with Crippen molar-refractivity contribution < 1.29 is 14.3 Å². The Morgan fingerprint density at radius 2 is 1.54 bits per heavy atom. The Balaban J connectivity index is 1.32. The first-order chi connectivity index (χ1) is 13.8. The predicted octanol–water partition coefficient (Wildman–Crippen LogP) is 4.36. The SMILES string of the molecule is O=C(c1ccccc1C1OCCO1)C1CC2CCC(C1)N2Cc1ccccc1. The number of piperidine rings is 1. The summed E-state index contributed by atoms with van der Waals surface area (Å²) in [7, 11) is 0. The molecule has 0 saturated carbocycles. The summed E-state index contributed by atoms with van der Waals surface area (Å²) in [5, 5.41) is 0. The van der Waals surface area contributed by atoms with Crippen LogP contribution in [0.4, 0.5) is 0 Å². The molecule has 2 aromatic rings. The lowest BCUT2D eigenvalue weighted by molar-refractivity contribution is -0.0446. The molecule has 28 heavy (non-hydrogen) atoms. The third-order valence-corrected chi connectivity index (χ3v) is 6.57. The third kappa shape index (κ3) is 3.41. The molecule has 0 radical (unpaired) electrons. The first-order valence-electron chi connectivity index (χ1n) is 10.5. The molecular formula is C24H27NO3. The molecule has 3 saturated heterocycles. The van der Waals surface area contributed by atoms with Crippen LogP contribution >= 0.6 is 0 Å². The van der Waals surface area contributed by atoms with E-state index in [2.05, 4.69) is 35.2 Å². The highest BCUT2D eigenvalue weighted by Gasteiger charge is 2.43. The van der Waals surface area contributed by atoms with Crippen LogP contribution in [0.3, 0.4) is 0 Å². The molecule has 4 heteroatoms. The van der Waals surface area contributed by atoms with Crippen molar-refractivity contribution in [1.29, 1.82) is 0 Å². The zero-order chi connectivity index (χ0) is 18.9. The molecule has 2 atom stereocenters. The van der Waals surface area contributed by atoms with E-state index in [0.717, 1.165) is 30.5 Å². The molecule has 3 aliphatic heterocycles. The molecule has 3 fully saturated rings. The lowest BCUT2D eigenvalue weighted by Gasteiger charge is -2.38. The van der Waals surface area contributed by atoms with Crippen LogP contribution in [-0.4, -0.2) is 36.0 Å². The quantitative estimate of drug-likeness (QED) is 0.726. The van der Waals surface area contributed by atoms with Crippen LogP contribution in [-0.2, 0) is 16.0 Å². The smallest absolute Gasteiger partial charge is 0.184 e. The lowest BCUT2D eigenvalue weighted by atomic mass is 9.83. The fourth-order valence-electron chi connectivity index (χ4n) is 5.23. The fourth-order valence-corrected chi connectivity index (χ4v) is 5.23. The number of rotatable bonds is 5. The van der Waals surface area contributed by atoms with Gasteiger partial charge < -0.3 is 9.47 Å². The molecule has 4 nitrogen and oxygen atoms in total.